The minimum atomic E-state index is 0.460. The summed E-state index contributed by atoms with van der Waals surface area (Å²) in [4.78, 5) is 2.42. The predicted octanol–water partition coefficient (Wildman–Crippen LogP) is 6.13. The van der Waals surface area contributed by atoms with Gasteiger partial charge in [-0.05, 0) is 41.9 Å². The van der Waals surface area contributed by atoms with Gasteiger partial charge in [-0.1, -0.05) is 72.8 Å². The second-order valence-corrected chi connectivity index (χ2v) is 7.50. The summed E-state index contributed by atoms with van der Waals surface area (Å²) in [6.45, 7) is 2.07. The van der Waals surface area contributed by atoms with Gasteiger partial charge in [-0.15, -0.1) is 0 Å². The highest BCUT2D eigenvalue weighted by Crippen LogP contribution is 2.34. The average Bonchev–Trinajstić information content (AvgIpc) is 3.15. The Morgan fingerprint density at radius 3 is 2.25 bits per heavy atom. The number of nitrogens with zero attached hydrogens (tertiary/aromatic N) is 2. The monoisotopic (exact) mass is 364 g/mol. The van der Waals surface area contributed by atoms with Gasteiger partial charge in [0.1, 0.15) is 0 Å². The molecular weight excluding hydrogens is 340 g/mol. The third-order valence-electron chi connectivity index (χ3n) is 5.66. The van der Waals surface area contributed by atoms with Crippen LogP contribution in [0.25, 0.3) is 16.6 Å². The molecule has 0 spiro atoms. The number of hydrogen-bond acceptors (Lipinski definition) is 1. The summed E-state index contributed by atoms with van der Waals surface area (Å²) < 4.78 is 2.33. The molecule has 28 heavy (non-hydrogen) atoms. The van der Waals surface area contributed by atoms with E-state index in [9.17, 15) is 0 Å². The molecule has 1 aliphatic rings. The molecule has 0 bridgehead atoms. The van der Waals surface area contributed by atoms with Gasteiger partial charge in [-0.25, -0.2) is 0 Å². The van der Waals surface area contributed by atoms with Crippen LogP contribution in [0.15, 0.2) is 103 Å². The fourth-order valence-corrected chi connectivity index (χ4v) is 4.21. The van der Waals surface area contributed by atoms with Crippen LogP contribution < -0.4 is 0 Å². The van der Waals surface area contributed by atoms with Crippen LogP contribution >= 0.6 is 0 Å². The Balaban J connectivity index is 1.45. The summed E-state index contributed by atoms with van der Waals surface area (Å²) in [6, 6.07) is 30.1. The molecule has 5 rings (SSSR count). The number of hydrogen-bond donors (Lipinski definition) is 0. The fourth-order valence-electron chi connectivity index (χ4n) is 4.21. The Morgan fingerprint density at radius 2 is 1.50 bits per heavy atom. The van der Waals surface area contributed by atoms with Crippen LogP contribution in [0.1, 0.15) is 23.5 Å². The van der Waals surface area contributed by atoms with E-state index in [1.54, 1.807) is 0 Å². The summed E-state index contributed by atoms with van der Waals surface area (Å²) >= 11 is 0. The zero-order valence-electron chi connectivity index (χ0n) is 15.9. The van der Waals surface area contributed by atoms with Crippen molar-refractivity contribution in [3.8, 4) is 5.69 Å². The second-order valence-electron chi connectivity index (χ2n) is 7.50. The Labute approximate surface area is 166 Å². The number of aromatic nitrogens is 1. The first-order valence-electron chi connectivity index (χ1n) is 10.0. The van der Waals surface area contributed by atoms with Gasteiger partial charge in [0.05, 0.1) is 5.52 Å². The predicted molar refractivity (Wildman–Crippen MR) is 117 cm³/mol. The molecule has 0 N–H and O–H groups in total. The van der Waals surface area contributed by atoms with Crippen molar-refractivity contribution in [2.75, 3.05) is 6.54 Å². The largest absolute Gasteiger partial charge is 0.373 e. The minimum absolute atomic E-state index is 0.460. The van der Waals surface area contributed by atoms with E-state index in [1.807, 2.05) is 0 Å². The van der Waals surface area contributed by atoms with Crippen LogP contribution in [-0.4, -0.2) is 16.0 Å². The van der Waals surface area contributed by atoms with E-state index >= 15 is 0 Å². The average molecular weight is 364 g/mol. The van der Waals surface area contributed by atoms with E-state index in [2.05, 4.69) is 113 Å². The molecule has 4 aromatic rings. The topological polar surface area (TPSA) is 8.17 Å². The number of benzene rings is 3. The van der Waals surface area contributed by atoms with E-state index < -0.39 is 0 Å². The van der Waals surface area contributed by atoms with Crippen molar-refractivity contribution in [1.29, 1.82) is 0 Å². The molecule has 0 saturated heterocycles. The summed E-state index contributed by atoms with van der Waals surface area (Å²) in [5.41, 5.74) is 5.29. The van der Waals surface area contributed by atoms with Gasteiger partial charge in [-0.3, -0.25) is 0 Å². The standard InChI is InChI=1S/C26H24N2/c1-3-9-21(10-4-1)19-27-17-15-22(16-18-27)25-20-28(23-11-5-2-6-12-23)26-14-8-7-13-24(25)26/h1-15,17,20,22H,16,18-19H2. The molecule has 0 radical (unpaired) electrons. The van der Waals surface area contributed by atoms with Crippen LogP contribution in [0, 0.1) is 0 Å². The first-order valence-corrected chi connectivity index (χ1v) is 10.0. The quantitative estimate of drug-likeness (QED) is 0.423. The van der Waals surface area contributed by atoms with Gasteiger partial charge in [-0.2, -0.15) is 0 Å². The van der Waals surface area contributed by atoms with Crippen molar-refractivity contribution < 1.29 is 0 Å². The van der Waals surface area contributed by atoms with Gasteiger partial charge >= 0.3 is 0 Å². The van der Waals surface area contributed by atoms with E-state index in [4.69, 9.17) is 0 Å². The second kappa shape index (κ2) is 7.40. The molecule has 138 valence electrons. The van der Waals surface area contributed by atoms with Crippen LogP contribution in [0.2, 0.25) is 0 Å². The molecule has 0 fully saturated rings. The van der Waals surface area contributed by atoms with Crippen molar-refractivity contribution in [2.24, 2.45) is 0 Å². The van der Waals surface area contributed by atoms with Crippen molar-refractivity contribution in [3.63, 3.8) is 0 Å². The zero-order valence-corrected chi connectivity index (χ0v) is 15.9. The van der Waals surface area contributed by atoms with Gasteiger partial charge in [0, 0.05) is 36.3 Å². The lowest BCUT2D eigenvalue weighted by Gasteiger charge is -2.28. The van der Waals surface area contributed by atoms with Crippen molar-refractivity contribution >= 4 is 10.9 Å². The third-order valence-corrected chi connectivity index (χ3v) is 5.66. The third kappa shape index (κ3) is 3.22. The molecule has 1 unspecified atom stereocenters. The normalized spacial score (nSPS) is 16.6. The number of allylic oxidation sites excluding steroid dienone is 1. The van der Waals surface area contributed by atoms with Crippen molar-refractivity contribution in [2.45, 2.75) is 18.9 Å². The highest BCUT2D eigenvalue weighted by Gasteiger charge is 2.20. The van der Waals surface area contributed by atoms with E-state index in [0.29, 0.717) is 5.92 Å². The van der Waals surface area contributed by atoms with Crippen LogP contribution in [0.4, 0.5) is 0 Å². The lowest BCUT2D eigenvalue weighted by atomic mass is 9.93. The molecule has 2 heterocycles. The minimum Gasteiger partial charge on any atom is -0.373 e. The SMILES string of the molecule is C1=CN(Cc2ccccc2)CCC1c1cn(-c2ccccc2)c2ccccc12. The maximum absolute atomic E-state index is 2.42. The lowest BCUT2D eigenvalue weighted by Crippen LogP contribution is -2.23. The van der Waals surface area contributed by atoms with Gasteiger partial charge in [0.15, 0.2) is 0 Å². The lowest BCUT2D eigenvalue weighted by molar-refractivity contribution is 0.337. The van der Waals surface area contributed by atoms with E-state index in [1.165, 1.54) is 27.7 Å². The fraction of sp³-hybridized carbons (Fsp3) is 0.154. The number of fused-ring (bicyclic) bond motifs is 1. The number of rotatable bonds is 4. The first-order chi connectivity index (χ1) is 13.9. The molecule has 0 amide bonds. The maximum atomic E-state index is 2.42. The highest BCUT2D eigenvalue weighted by molar-refractivity contribution is 5.86. The van der Waals surface area contributed by atoms with Crippen LogP contribution in [-0.2, 0) is 6.54 Å². The molecule has 1 aromatic heterocycles. The molecule has 1 aliphatic heterocycles. The molecular formula is C26H24N2. The summed E-state index contributed by atoms with van der Waals surface area (Å²) in [5, 5.41) is 1.36. The van der Waals surface area contributed by atoms with E-state index in [-0.39, 0.29) is 0 Å². The first kappa shape index (κ1) is 16.9. The molecule has 1 atom stereocenters. The zero-order chi connectivity index (χ0) is 18.8. The molecule has 0 saturated carbocycles. The number of para-hydroxylation sites is 2. The van der Waals surface area contributed by atoms with Gasteiger partial charge < -0.3 is 9.47 Å². The highest BCUT2D eigenvalue weighted by atomic mass is 15.1. The van der Waals surface area contributed by atoms with Gasteiger partial charge in [0.2, 0.25) is 0 Å². The molecule has 3 aromatic carbocycles. The Morgan fingerprint density at radius 1 is 0.786 bits per heavy atom. The van der Waals surface area contributed by atoms with Crippen LogP contribution in [0.5, 0.6) is 0 Å². The maximum Gasteiger partial charge on any atom is 0.0531 e. The Kier molecular flexibility index (Phi) is 4.46. The summed E-state index contributed by atoms with van der Waals surface area (Å²) in [5.74, 6) is 0.460. The summed E-state index contributed by atoms with van der Waals surface area (Å²) in [7, 11) is 0. The smallest absolute Gasteiger partial charge is 0.0531 e. The van der Waals surface area contributed by atoms with Crippen LogP contribution in [0.3, 0.4) is 0 Å². The van der Waals surface area contributed by atoms with E-state index in [0.717, 1.165) is 19.5 Å². The molecule has 2 heteroatoms. The molecule has 2 nitrogen and oxygen atoms in total. The van der Waals surface area contributed by atoms with Gasteiger partial charge in [0.25, 0.3) is 0 Å². The Hall–Kier alpha value is -3.26. The molecule has 0 aliphatic carbocycles. The Bertz CT molecular complexity index is 1090. The van der Waals surface area contributed by atoms with Crippen molar-refractivity contribution in [3.05, 3.63) is 115 Å². The summed E-state index contributed by atoms with van der Waals surface area (Å²) in [6.07, 6.45) is 8.15. The van der Waals surface area contributed by atoms with Crippen molar-refractivity contribution in [1.82, 2.24) is 9.47 Å².